The van der Waals surface area contributed by atoms with Crippen molar-refractivity contribution in [2.45, 2.75) is 45.1 Å². The highest BCUT2D eigenvalue weighted by Crippen LogP contribution is 2.37. The van der Waals surface area contributed by atoms with E-state index in [-0.39, 0.29) is 0 Å². The number of rotatable bonds is 5. The minimum atomic E-state index is 0.752. The van der Waals surface area contributed by atoms with E-state index >= 15 is 0 Å². The minimum Gasteiger partial charge on any atom is -0.314 e. The molecule has 0 unspecified atom stereocenters. The number of hydrogen-bond acceptors (Lipinski definition) is 1. The van der Waals surface area contributed by atoms with Crippen molar-refractivity contribution < 1.29 is 0 Å². The van der Waals surface area contributed by atoms with E-state index in [1.54, 1.807) is 0 Å². The molecule has 0 heterocycles. The van der Waals surface area contributed by atoms with E-state index in [4.69, 9.17) is 0 Å². The quantitative estimate of drug-likeness (QED) is 0.852. The number of halogens is 1. The fourth-order valence-corrected chi connectivity index (χ4v) is 2.63. The molecule has 1 fully saturated rings. The Labute approximate surface area is 113 Å². The molecule has 0 saturated heterocycles. The molecule has 1 N–H and O–H groups in total. The van der Waals surface area contributed by atoms with Gasteiger partial charge >= 0.3 is 0 Å². The lowest BCUT2D eigenvalue weighted by Crippen LogP contribution is -2.40. The zero-order valence-electron chi connectivity index (χ0n) is 10.7. The Hall–Kier alpha value is -0.340. The Morgan fingerprint density at radius 1 is 1.24 bits per heavy atom. The zero-order chi connectivity index (χ0) is 12.3. The van der Waals surface area contributed by atoms with E-state index < -0.39 is 0 Å². The molecule has 0 atom stereocenters. The highest BCUT2D eigenvalue weighted by Gasteiger charge is 2.29. The van der Waals surface area contributed by atoms with Crippen molar-refractivity contribution in [2.24, 2.45) is 5.92 Å². The largest absolute Gasteiger partial charge is 0.314 e. The van der Waals surface area contributed by atoms with Crippen LogP contribution in [0, 0.1) is 5.92 Å². The van der Waals surface area contributed by atoms with Gasteiger partial charge in [0.2, 0.25) is 0 Å². The first-order chi connectivity index (χ1) is 8.15. The molecular weight excluding hydrogens is 274 g/mol. The first-order valence-corrected chi connectivity index (χ1v) is 7.43. The molecule has 2 heteroatoms. The van der Waals surface area contributed by atoms with Gasteiger partial charge in [-0.1, -0.05) is 41.9 Å². The Kier molecular flexibility index (Phi) is 4.63. The van der Waals surface area contributed by atoms with Gasteiger partial charge in [-0.25, -0.2) is 0 Å². The van der Waals surface area contributed by atoms with Gasteiger partial charge in [0.15, 0.2) is 0 Å². The van der Waals surface area contributed by atoms with Crippen LogP contribution in [0.2, 0.25) is 0 Å². The van der Waals surface area contributed by atoms with Gasteiger partial charge in [-0.05, 0) is 55.3 Å². The van der Waals surface area contributed by atoms with Crippen LogP contribution in [-0.4, -0.2) is 12.6 Å². The molecule has 1 aliphatic carbocycles. The molecule has 0 spiro atoms. The normalized spacial score (nSPS) is 23.8. The Morgan fingerprint density at radius 3 is 2.47 bits per heavy atom. The average Bonchev–Trinajstić information content (AvgIpc) is 2.23. The summed E-state index contributed by atoms with van der Waals surface area (Å²) < 4.78 is 1.17. The molecule has 0 radical (unpaired) electrons. The molecule has 0 aromatic heterocycles. The molecule has 0 amide bonds. The van der Waals surface area contributed by atoms with Gasteiger partial charge in [0.25, 0.3) is 0 Å². The summed E-state index contributed by atoms with van der Waals surface area (Å²) in [6, 6.07) is 9.55. The summed E-state index contributed by atoms with van der Waals surface area (Å²) in [6.07, 6.45) is 3.90. The van der Waals surface area contributed by atoms with Crippen molar-refractivity contribution in [1.29, 1.82) is 0 Å². The van der Waals surface area contributed by atoms with Gasteiger partial charge < -0.3 is 5.32 Å². The molecule has 17 heavy (non-hydrogen) atoms. The van der Waals surface area contributed by atoms with Crippen LogP contribution in [0.3, 0.4) is 0 Å². The molecule has 1 aromatic carbocycles. The lowest BCUT2D eigenvalue weighted by molar-refractivity contribution is 0.286. The minimum absolute atomic E-state index is 0.752. The fourth-order valence-electron chi connectivity index (χ4n) is 2.37. The van der Waals surface area contributed by atoms with Gasteiger partial charge in [-0.2, -0.15) is 0 Å². The van der Waals surface area contributed by atoms with Crippen molar-refractivity contribution >= 4 is 15.9 Å². The first-order valence-electron chi connectivity index (χ1n) is 6.64. The van der Waals surface area contributed by atoms with E-state index in [1.165, 1.54) is 35.8 Å². The monoisotopic (exact) mass is 295 g/mol. The predicted octanol–water partition coefficient (Wildman–Crippen LogP) is 4.33. The van der Waals surface area contributed by atoms with Crippen LogP contribution in [0.15, 0.2) is 28.7 Å². The summed E-state index contributed by atoms with van der Waals surface area (Å²) in [5.41, 5.74) is 1.50. The van der Waals surface area contributed by atoms with Gasteiger partial charge in [0, 0.05) is 10.5 Å². The standard InChI is InChI=1S/C15H22BrN/c1-11(2)7-8-17-15-9-13(10-15)12-3-5-14(16)6-4-12/h3-6,11,13,15,17H,7-10H2,1-2H3. The smallest absolute Gasteiger partial charge is 0.0175 e. The van der Waals surface area contributed by atoms with Crippen molar-refractivity contribution in [1.82, 2.24) is 5.32 Å². The van der Waals surface area contributed by atoms with Crippen molar-refractivity contribution in [3.8, 4) is 0 Å². The molecule has 0 aliphatic heterocycles. The Morgan fingerprint density at radius 2 is 1.88 bits per heavy atom. The third kappa shape index (κ3) is 3.82. The number of benzene rings is 1. The van der Waals surface area contributed by atoms with Crippen LogP contribution in [0.25, 0.3) is 0 Å². The van der Waals surface area contributed by atoms with Crippen LogP contribution >= 0.6 is 15.9 Å². The zero-order valence-corrected chi connectivity index (χ0v) is 12.3. The summed E-state index contributed by atoms with van der Waals surface area (Å²) in [5, 5.41) is 3.65. The van der Waals surface area contributed by atoms with E-state index in [0.29, 0.717) is 0 Å². The molecule has 0 bridgehead atoms. The maximum Gasteiger partial charge on any atom is 0.0175 e. The Bertz CT molecular complexity index is 338. The molecule has 2 rings (SSSR count). The second-order valence-electron chi connectivity index (χ2n) is 5.55. The molecular formula is C15H22BrN. The van der Waals surface area contributed by atoms with E-state index in [2.05, 4.69) is 59.4 Å². The second-order valence-corrected chi connectivity index (χ2v) is 6.47. The maximum atomic E-state index is 3.65. The lowest BCUT2D eigenvalue weighted by Gasteiger charge is -2.36. The summed E-state index contributed by atoms with van der Waals surface area (Å²) in [6.45, 7) is 5.75. The van der Waals surface area contributed by atoms with Gasteiger partial charge in [0.05, 0.1) is 0 Å². The highest BCUT2D eigenvalue weighted by molar-refractivity contribution is 9.10. The Balaban J connectivity index is 1.70. The summed E-state index contributed by atoms with van der Waals surface area (Å²) >= 11 is 3.48. The highest BCUT2D eigenvalue weighted by atomic mass is 79.9. The van der Waals surface area contributed by atoms with Gasteiger partial charge in [0.1, 0.15) is 0 Å². The predicted molar refractivity (Wildman–Crippen MR) is 77.4 cm³/mol. The third-order valence-electron chi connectivity index (χ3n) is 3.63. The van der Waals surface area contributed by atoms with Crippen LogP contribution in [-0.2, 0) is 0 Å². The van der Waals surface area contributed by atoms with Crippen LogP contribution in [0.5, 0.6) is 0 Å². The lowest BCUT2D eigenvalue weighted by atomic mass is 9.76. The summed E-state index contributed by atoms with van der Waals surface area (Å²) in [4.78, 5) is 0. The van der Waals surface area contributed by atoms with E-state index in [9.17, 15) is 0 Å². The van der Waals surface area contributed by atoms with Gasteiger partial charge in [-0.15, -0.1) is 0 Å². The second kappa shape index (κ2) is 6.01. The van der Waals surface area contributed by atoms with E-state index in [1.807, 2.05) is 0 Å². The maximum absolute atomic E-state index is 3.65. The van der Waals surface area contributed by atoms with Crippen molar-refractivity contribution in [3.05, 3.63) is 34.3 Å². The molecule has 1 aromatic rings. The first kappa shape index (κ1) is 13.1. The molecule has 1 saturated carbocycles. The third-order valence-corrected chi connectivity index (χ3v) is 4.16. The fraction of sp³-hybridized carbons (Fsp3) is 0.600. The summed E-state index contributed by atoms with van der Waals surface area (Å²) in [5.74, 6) is 1.59. The van der Waals surface area contributed by atoms with E-state index in [0.717, 1.165) is 17.9 Å². The van der Waals surface area contributed by atoms with Crippen molar-refractivity contribution in [2.75, 3.05) is 6.54 Å². The number of hydrogen-bond donors (Lipinski definition) is 1. The average molecular weight is 296 g/mol. The number of nitrogens with one attached hydrogen (secondary N) is 1. The SMILES string of the molecule is CC(C)CCNC1CC(c2ccc(Br)cc2)C1. The summed E-state index contributed by atoms with van der Waals surface area (Å²) in [7, 11) is 0. The molecule has 94 valence electrons. The van der Waals surface area contributed by atoms with Crippen LogP contribution in [0.1, 0.15) is 44.6 Å². The molecule has 1 nitrogen and oxygen atoms in total. The molecule has 1 aliphatic rings. The van der Waals surface area contributed by atoms with Gasteiger partial charge in [-0.3, -0.25) is 0 Å². The van der Waals surface area contributed by atoms with Crippen LogP contribution < -0.4 is 5.32 Å². The topological polar surface area (TPSA) is 12.0 Å². The van der Waals surface area contributed by atoms with Crippen molar-refractivity contribution in [3.63, 3.8) is 0 Å². The van der Waals surface area contributed by atoms with Crippen LogP contribution in [0.4, 0.5) is 0 Å².